The summed E-state index contributed by atoms with van der Waals surface area (Å²) in [7, 11) is 0. The first-order valence-electron chi connectivity index (χ1n) is 6.90. The van der Waals surface area contributed by atoms with Gasteiger partial charge in [0.05, 0.1) is 0 Å². The van der Waals surface area contributed by atoms with E-state index in [9.17, 15) is 14.7 Å². The minimum Gasteiger partial charge on any atom is -0.507 e. The van der Waals surface area contributed by atoms with Crippen molar-refractivity contribution in [1.29, 1.82) is 0 Å². The minimum absolute atomic E-state index is 0.0144. The molecular formula is C18H14O4. The molecule has 3 rings (SSSR count). The Kier molecular flexibility index (Phi) is 3.51. The van der Waals surface area contributed by atoms with Gasteiger partial charge in [-0.25, -0.2) is 4.79 Å². The third-order valence-electron chi connectivity index (χ3n) is 3.59. The van der Waals surface area contributed by atoms with E-state index in [1.54, 1.807) is 19.1 Å². The van der Waals surface area contributed by atoms with Crippen LogP contribution in [0.2, 0.25) is 0 Å². The number of carbonyl (C=O) groups is 1. The number of aryl methyl sites for hydroxylation is 1. The fourth-order valence-electron chi connectivity index (χ4n) is 2.47. The lowest BCUT2D eigenvalue weighted by atomic mass is 10.0. The van der Waals surface area contributed by atoms with Gasteiger partial charge in [-0.3, -0.25) is 4.79 Å². The summed E-state index contributed by atoms with van der Waals surface area (Å²) in [6, 6.07) is 4.43. The molecule has 22 heavy (non-hydrogen) atoms. The Hall–Kier alpha value is -2.88. The number of phenols is 1. The molecule has 0 aliphatic heterocycles. The van der Waals surface area contributed by atoms with Gasteiger partial charge in [-0.05, 0) is 30.7 Å². The van der Waals surface area contributed by atoms with Gasteiger partial charge in [0, 0.05) is 17.4 Å². The molecule has 2 aromatic rings. The molecule has 0 unspecified atom stereocenters. The predicted octanol–water partition coefficient (Wildman–Crippen LogP) is 3.29. The lowest BCUT2D eigenvalue weighted by molar-refractivity contribution is 0.104. The number of phenolic OH excluding ortho intramolecular Hbond substituents is 1. The molecule has 4 heteroatoms. The monoisotopic (exact) mass is 294 g/mol. The second kappa shape index (κ2) is 5.48. The van der Waals surface area contributed by atoms with Crippen LogP contribution in [0.4, 0.5) is 0 Å². The number of aromatic hydroxyl groups is 1. The number of allylic oxidation sites excluding steroid dienone is 6. The van der Waals surface area contributed by atoms with Crippen molar-refractivity contribution in [3.63, 3.8) is 0 Å². The summed E-state index contributed by atoms with van der Waals surface area (Å²) in [5, 5.41) is 10.6. The van der Waals surface area contributed by atoms with Crippen molar-refractivity contribution >= 4 is 16.8 Å². The van der Waals surface area contributed by atoms with Gasteiger partial charge < -0.3 is 9.52 Å². The van der Waals surface area contributed by atoms with Crippen LogP contribution in [-0.4, -0.2) is 10.9 Å². The molecule has 0 amide bonds. The van der Waals surface area contributed by atoms with Crippen molar-refractivity contribution in [3.8, 4) is 5.75 Å². The molecule has 1 heterocycles. The fourth-order valence-corrected chi connectivity index (χ4v) is 2.47. The van der Waals surface area contributed by atoms with Crippen molar-refractivity contribution in [2.75, 3.05) is 0 Å². The van der Waals surface area contributed by atoms with Crippen molar-refractivity contribution < 1.29 is 14.3 Å². The Bertz CT molecular complexity index is 885. The molecule has 1 aliphatic rings. The van der Waals surface area contributed by atoms with Crippen LogP contribution >= 0.6 is 0 Å². The third kappa shape index (κ3) is 2.51. The van der Waals surface area contributed by atoms with E-state index in [1.165, 1.54) is 18.2 Å². The maximum absolute atomic E-state index is 12.4. The molecule has 0 saturated heterocycles. The van der Waals surface area contributed by atoms with Gasteiger partial charge in [0.2, 0.25) is 0 Å². The molecule has 110 valence electrons. The van der Waals surface area contributed by atoms with Crippen LogP contribution in [-0.2, 0) is 0 Å². The summed E-state index contributed by atoms with van der Waals surface area (Å²) < 4.78 is 5.15. The average Bonchev–Trinajstić information content (AvgIpc) is 2.97. The lowest BCUT2D eigenvalue weighted by Crippen LogP contribution is -2.03. The first kappa shape index (κ1) is 14.1. The summed E-state index contributed by atoms with van der Waals surface area (Å²) in [6.07, 6.45) is 10.8. The average molecular weight is 294 g/mol. The largest absolute Gasteiger partial charge is 0.507 e. The van der Waals surface area contributed by atoms with Crippen LogP contribution in [0.1, 0.15) is 15.9 Å². The molecule has 0 fully saturated rings. The Morgan fingerprint density at radius 1 is 1.27 bits per heavy atom. The fraction of sp³-hybridized carbons (Fsp3) is 0.111. The van der Waals surface area contributed by atoms with Crippen LogP contribution in [0.5, 0.6) is 5.75 Å². The first-order chi connectivity index (χ1) is 10.6. The van der Waals surface area contributed by atoms with Crippen molar-refractivity contribution in [3.05, 3.63) is 76.2 Å². The van der Waals surface area contributed by atoms with Gasteiger partial charge in [0.15, 0.2) is 11.4 Å². The number of carbonyl (C=O) groups excluding carboxylic acids is 1. The standard InChI is InChI=1S/C18H14O4/c1-11-10-16(21)22-18-13(11)7-9-15(20)17(18)14(19)8-6-12-4-2-3-5-12/h2-10,12,20H,1H3. The molecule has 0 spiro atoms. The highest BCUT2D eigenvalue weighted by Gasteiger charge is 2.17. The van der Waals surface area contributed by atoms with Gasteiger partial charge in [-0.2, -0.15) is 0 Å². The van der Waals surface area contributed by atoms with Crippen molar-refractivity contribution in [1.82, 2.24) is 0 Å². The van der Waals surface area contributed by atoms with Crippen molar-refractivity contribution in [2.45, 2.75) is 6.92 Å². The zero-order valence-electron chi connectivity index (χ0n) is 11.9. The maximum Gasteiger partial charge on any atom is 0.336 e. The predicted molar refractivity (Wildman–Crippen MR) is 84.1 cm³/mol. The van der Waals surface area contributed by atoms with E-state index in [1.807, 2.05) is 24.3 Å². The minimum atomic E-state index is -0.546. The molecule has 1 N–H and O–H groups in total. The molecule has 0 saturated carbocycles. The molecule has 1 aromatic heterocycles. The van der Waals surface area contributed by atoms with E-state index < -0.39 is 11.4 Å². The number of hydrogen-bond donors (Lipinski definition) is 1. The summed E-state index contributed by atoms with van der Waals surface area (Å²) in [5.41, 5.74) is 0.291. The highest BCUT2D eigenvalue weighted by atomic mass is 16.4. The Morgan fingerprint density at radius 3 is 2.73 bits per heavy atom. The topological polar surface area (TPSA) is 67.5 Å². The third-order valence-corrected chi connectivity index (χ3v) is 3.59. The molecule has 0 radical (unpaired) electrons. The summed E-state index contributed by atoms with van der Waals surface area (Å²) >= 11 is 0. The highest BCUT2D eigenvalue weighted by molar-refractivity contribution is 6.14. The molecule has 1 aliphatic carbocycles. The molecular weight excluding hydrogens is 280 g/mol. The van der Waals surface area contributed by atoms with Gasteiger partial charge in [-0.15, -0.1) is 0 Å². The Balaban J connectivity index is 2.11. The van der Waals surface area contributed by atoms with E-state index in [0.29, 0.717) is 10.9 Å². The number of hydrogen-bond acceptors (Lipinski definition) is 4. The second-order valence-electron chi connectivity index (χ2n) is 5.16. The zero-order valence-corrected chi connectivity index (χ0v) is 11.9. The quantitative estimate of drug-likeness (QED) is 0.536. The van der Waals surface area contributed by atoms with Gasteiger partial charge >= 0.3 is 5.63 Å². The van der Waals surface area contributed by atoms with E-state index in [0.717, 1.165) is 0 Å². The highest BCUT2D eigenvalue weighted by Crippen LogP contribution is 2.29. The molecule has 0 atom stereocenters. The van der Waals surface area contributed by atoms with Crippen LogP contribution in [0.15, 0.2) is 63.9 Å². The van der Waals surface area contributed by atoms with E-state index in [-0.39, 0.29) is 22.8 Å². The summed E-state index contributed by atoms with van der Waals surface area (Å²) in [5.74, 6) is -0.534. The van der Waals surface area contributed by atoms with Gasteiger partial charge in [0.1, 0.15) is 11.3 Å². The SMILES string of the molecule is Cc1cc(=O)oc2c(C(=O)C=CC3C=CC=C3)c(O)ccc12. The normalized spacial score (nSPS) is 14.4. The summed E-state index contributed by atoms with van der Waals surface area (Å²) in [6.45, 7) is 1.76. The Labute approximate surface area is 126 Å². The zero-order chi connectivity index (χ0) is 15.7. The van der Waals surface area contributed by atoms with Crippen LogP contribution in [0.25, 0.3) is 11.0 Å². The number of rotatable bonds is 3. The lowest BCUT2D eigenvalue weighted by Gasteiger charge is -2.06. The van der Waals surface area contributed by atoms with Gasteiger partial charge in [0.25, 0.3) is 0 Å². The maximum atomic E-state index is 12.4. The second-order valence-corrected chi connectivity index (χ2v) is 5.16. The number of fused-ring (bicyclic) bond motifs is 1. The van der Waals surface area contributed by atoms with Gasteiger partial charge in [-0.1, -0.05) is 30.4 Å². The first-order valence-corrected chi connectivity index (χ1v) is 6.90. The van der Waals surface area contributed by atoms with E-state index in [2.05, 4.69) is 0 Å². The van der Waals surface area contributed by atoms with E-state index >= 15 is 0 Å². The van der Waals surface area contributed by atoms with Crippen LogP contribution in [0, 0.1) is 12.8 Å². The van der Waals surface area contributed by atoms with Crippen LogP contribution in [0.3, 0.4) is 0 Å². The van der Waals surface area contributed by atoms with E-state index in [4.69, 9.17) is 4.42 Å². The van der Waals surface area contributed by atoms with Crippen LogP contribution < -0.4 is 5.63 Å². The molecule has 4 nitrogen and oxygen atoms in total. The number of ketones is 1. The van der Waals surface area contributed by atoms with Crippen molar-refractivity contribution in [2.24, 2.45) is 5.92 Å². The smallest absolute Gasteiger partial charge is 0.336 e. The number of benzene rings is 1. The summed E-state index contributed by atoms with van der Waals surface area (Å²) in [4.78, 5) is 24.0. The Morgan fingerprint density at radius 2 is 2.00 bits per heavy atom. The molecule has 1 aromatic carbocycles. The molecule has 0 bridgehead atoms.